The number of amides is 1. The Bertz CT molecular complexity index is 1220. The predicted molar refractivity (Wildman–Crippen MR) is 148 cm³/mol. The molecule has 0 heterocycles. The van der Waals surface area contributed by atoms with Crippen molar-refractivity contribution in [2.75, 3.05) is 6.54 Å². The van der Waals surface area contributed by atoms with Crippen LogP contribution >= 0.6 is 0 Å². The first kappa shape index (κ1) is 27.4. The van der Waals surface area contributed by atoms with Gasteiger partial charge in [-0.2, -0.15) is 5.26 Å². The zero-order valence-corrected chi connectivity index (χ0v) is 24.7. The molecule has 206 valence electrons. The van der Waals surface area contributed by atoms with Crippen molar-refractivity contribution in [2.45, 2.75) is 100 Å². The lowest BCUT2D eigenvalue weighted by atomic mass is 9.34. The number of nitrogens with zero attached hydrogens (tertiary/aromatic N) is 1. The number of nitrogens with one attached hydrogen (secondary N) is 1. The second-order valence-electron chi connectivity index (χ2n) is 15.3. The normalized spacial score (nSPS) is 44.8. The van der Waals surface area contributed by atoms with E-state index in [1.807, 2.05) is 32.9 Å². The van der Waals surface area contributed by atoms with Gasteiger partial charge in [-0.05, 0) is 86.0 Å². The van der Waals surface area contributed by atoms with E-state index in [9.17, 15) is 19.6 Å². The number of ketones is 2. The van der Waals surface area contributed by atoms with E-state index >= 15 is 0 Å². The first-order valence-corrected chi connectivity index (χ1v) is 14.8. The zero-order valence-electron chi connectivity index (χ0n) is 24.7. The summed E-state index contributed by atoms with van der Waals surface area (Å²) in [7, 11) is 0. The van der Waals surface area contributed by atoms with Crippen LogP contribution in [-0.2, 0) is 14.4 Å². The van der Waals surface area contributed by atoms with Crippen LogP contribution in [-0.4, -0.2) is 24.0 Å². The number of carbonyl (C=O) groups is 3. The lowest BCUT2D eigenvalue weighted by molar-refractivity contribution is -0.178. The van der Waals surface area contributed by atoms with Crippen molar-refractivity contribution in [2.24, 2.45) is 50.2 Å². The molecule has 3 fully saturated rings. The largest absolute Gasteiger partial charge is 0.356 e. The van der Waals surface area contributed by atoms with Gasteiger partial charge in [-0.25, -0.2) is 0 Å². The summed E-state index contributed by atoms with van der Waals surface area (Å²) in [6, 6.07) is 2.18. The molecular formula is C33H46N2O3. The molecule has 2 unspecified atom stereocenters. The average Bonchev–Trinajstić information content (AvgIpc) is 2.82. The third kappa shape index (κ3) is 3.24. The lowest BCUT2D eigenvalue weighted by Gasteiger charge is -2.69. The van der Waals surface area contributed by atoms with E-state index in [2.05, 4.69) is 46.0 Å². The minimum Gasteiger partial charge on any atom is -0.356 e. The van der Waals surface area contributed by atoms with Crippen LogP contribution in [0.15, 0.2) is 23.3 Å². The first-order chi connectivity index (χ1) is 17.5. The fourth-order valence-electron chi connectivity index (χ4n) is 10.4. The third-order valence-electron chi connectivity index (χ3n) is 12.6. The van der Waals surface area contributed by atoms with Crippen LogP contribution in [0.2, 0.25) is 0 Å². The van der Waals surface area contributed by atoms with E-state index in [0.29, 0.717) is 6.54 Å². The second kappa shape index (κ2) is 8.15. The van der Waals surface area contributed by atoms with Crippen molar-refractivity contribution >= 4 is 17.5 Å². The van der Waals surface area contributed by atoms with Crippen LogP contribution in [0.5, 0.6) is 0 Å². The molecule has 3 saturated carbocycles. The van der Waals surface area contributed by atoms with Gasteiger partial charge in [0.1, 0.15) is 6.07 Å². The van der Waals surface area contributed by atoms with Gasteiger partial charge in [0.2, 0.25) is 5.91 Å². The molecule has 0 aliphatic heterocycles. The highest BCUT2D eigenvalue weighted by molar-refractivity contribution is 6.04. The van der Waals surface area contributed by atoms with Gasteiger partial charge in [-0.3, -0.25) is 14.4 Å². The van der Waals surface area contributed by atoms with Gasteiger partial charge in [0.05, 0.1) is 11.0 Å². The van der Waals surface area contributed by atoms with Crippen LogP contribution in [0.1, 0.15) is 100 Å². The number of hydrogen-bond donors (Lipinski definition) is 1. The number of fused-ring (bicyclic) bond motifs is 7. The Morgan fingerprint density at radius 3 is 2.32 bits per heavy atom. The minimum atomic E-state index is -0.662. The molecule has 0 aromatic rings. The highest BCUT2D eigenvalue weighted by atomic mass is 16.2. The molecule has 5 rings (SSSR count). The van der Waals surface area contributed by atoms with Crippen LogP contribution in [0.4, 0.5) is 0 Å². The SMILES string of the molecule is CCNC(=O)[C@]12CCC(C)(C)CC1C1C(=O)C=C3[C@@]4(C)C=C(C#N)C(=O)C(C)(C)[C@@H]4CC[C@@]3(C)[C@]1(C)CC2. The minimum absolute atomic E-state index is 0.0128. The monoisotopic (exact) mass is 518 g/mol. The summed E-state index contributed by atoms with van der Waals surface area (Å²) in [4.78, 5) is 41.4. The molecule has 0 saturated heterocycles. The predicted octanol–water partition coefficient (Wildman–Crippen LogP) is 6.34. The summed E-state index contributed by atoms with van der Waals surface area (Å²) in [6.45, 7) is 17.9. The Hall–Kier alpha value is -2.22. The summed E-state index contributed by atoms with van der Waals surface area (Å²) < 4.78 is 0. The van der Waals surface area contributed by atoms with Gasteiger partial charge in [0.15, 0.2) is 11.6 Å². The van der Waals surface area contributed by atoms with Crippen molar-refractivity contribution in [3.05, 3.63) is 23.3 Å². The van der Waals surface area contributed by atoms with Crippen molar-refractivity contribution in [3.63, 3.8) is 0 Å². The van der Waals surface area contributed by atoms with E-state index in [1.165, 1.54) is 0 Å². The van der Waals surface area contributed by atoms with E-state index < -0.39 is 16.2 Å². The van der Waals surface area contributed by atoms with Crippen LogP contribution in [0, 0.1) is 61.6 Å². The third-order valence-corrected chi connectivity index (χ3v) is 12.6. The molecule has 5 nitrogen and oxygen atoms in total. The molecule has 0 radical (unpaired) electrons. The Balaban J connectivity index is 1.69. The Morgan fingerprint density at radius 1 is 1.03 bits per heavy atom. The maximum atomic E-state index is 14.5. The molecule has 0 bridgehead atoms. The Morgan fingerprint density at radius 2 is 1.68 bits per heavy atom. The molecular weight excluding hydrogens is 472 g/mol. The van der Waals surface area contributed by atoms with Crippen molar-refractivity contribution in [3.8, 4) is 6.07 Å². The van der Waals surface area contributed by atoms with Gasteiger partial charge in [0.25, 0.3) is 0 Å². The number of hydrogen-bond acceptors (Lipinski definition) is 4. The number of nitriles is 1. The molecule has 38 heavy (non-hydrogen) atoms. The summed E-state index contributed by atoms with van der Waals surface area (Å²) >= 11 is 0. The zero-order chi connectivity index (χ0) is 28.1. The second-order valence-corrected chi connectivity index (χ2v) is 15.3. The van der Waals surface area contributed by atoms with Gasteiger partial charge >= 0.3 is 0 Å². The standard InChI is InChI=1S/C33H46N2O3/c1-9-35-27(38)33-14-12-28(2,3)18-21(33)25-22(36)16-24-30(6)17-20(19-34)26(37)29(4,5)23(30)10-11-31(24,7)32(25,8)13-15-33/h16-17,21,23,25H,9-15,18H2,1-8H3,(H,35,38)/t21?,23-,25?,30-,31+,32+,33-/m0/s1. The summed E-state index contributed by atoms with van der Waals surface area (Å²) in [5.74, 6) is 0.0635. The lowest BCUT2D eigenvalue weighted by Crippen LogP contribution is -2.66. The van der Waals surface area contributed by atoms with Crippen molar-refractivity contribution < 1.29 is 14.4 Å². The van der Waals surface area contributed by atoms with Gasteiger partial charge in [-0.15, -0.1) is 0 Å². The Labute approximate surface area is 228 Å². The molecule has 1 amide bonds. The summed E-state index contributed by atoms with van der Waals surface area (Å²) in [5.41, 5.74) is -0.788. The number of Topliss-reactive ketones (excluding diaryl/α,β-unsaturated/α-hetero) is 1. The molecule has 5 aliphatic rings. The first-order valence-electron chi connectivity index (χ1n) is 14.8. The smallest absolute Gasteiger partial charge is 0.226 e. The van der Waals surface area contributed by atoms with Crippen LogP contribution < -0.4 is 5.32 Å². The van der Waals surface area contributed by atoms with Gasteiger partial charge in [0, 0.05) is 23.3 Å². The fourth-order valence-corrected chi connectivity index (χ4v) is 10.4. The molecule has 5 aliphatic carbocycles. The van der Waals surface area contributed by atoms with Crippen molar-refractivity contribution in [1.82, 2.24) is 5.32 Å². The molecule has 0 spiro atoms. The maximum Gasteiger partial charge on any atom is 0.226 e. The van der Waals surface area contributed by atoms with E-state index in [-0.39, 0.29) is 57.0 Å². The number of rotatable bonds is 2. The topological polar surface area (TPSA) is 87.0 Å². The molecule has 0 aromatic carbocycles. The van der Waals surface area contributed by atoms with Gasteiger partial charge in [-0.1, -0.05) is 60.1 Å². The highest BCUT2D eigenvalue weighted by Crippen LogP contribution is 2.74. The highest BCUT2D eigenvalue weighted by Gasteiger charge is 2.70. The number of carbonyl (C=O) groups excluding carboxylic acids is 3. The van der Waals surface area contributed by atoms with Crippen molar-refractivity contribution in [1.29, 1.82) is 5.26 Å². The van der Waals surface area contributed by atoms with Crippen LogP contribution in [0.25, 0.3) is 0 Å². The molecule has 7 atom stereocenters. The molecule has 1 N–H and O–H groups in total. The fraction of sp³-hybridized carbons (Fsp3) is 0.758. The average molecular weight is 519 g/mol. The van der Waals surface area contributed by atoms with E-state index in [4.69, 9.17) is 0 Å². The maximum absolute atomic E-state index is 14.5. The number of allylic oxidation sites excluding steroid dienone is 4. The Kier molecular flexibility index (Phi) is 5.87. The van der Waals surface area contributed by atoms with Crippen LogP contribution in [0.3, 0.4) is 0 Å². The quantitative estimate of drug-likeness (QED) is 0.462. The molecule has 5 heteroatoms. The summed E-state index contributed by atoms with van der Waals surface area (Å²) in [6.07, 6.45) is 9.99. The van der Waals surface area contributed by atoms with E-state index in [0.717, 1.165) is 50.5 Å². The molecule has 0 aromatic heterocycles. The van der Waals surface area contributed by atoms with E-state index in [1.54, 1.807) is 0 Å². The van der Waals surface area contributed by atoms with Gasteiger partial charge < -0.3 is 5.32 Å². The summed E-state index contributed by atoms with van der Waals surface area (Å²) in [5, 5.41) is 13.0.